The maximum atomic E-state index is 14.4. The fraction of sp³-hybridized carbons (Fsp3) is 0. The van der Waals surface area contributed by atoms with Crippen LogP contribution in [0.4, 0.5) is 52.7 Å². The zero-order valence-electron chi connectivity index (χ0n) is 13.7. The van der Waals surface area contributed by atoms with Crippen LogP contribution in [0.25, 0.3) is 22.3 Å². The van der Waals surface area contributed by atoms with Gasteiger partial charge in [0.25, 0.3) is 0 Å². The van der Waals surface area contributed by atoms with E-state index in [2.05, 4.69) is 0 Å². The Morgan fingerprint density at radius 2 is 0.433 bits per heavy atom. The molecule has 0 amide bonds. The third-order valence-electron chi connectivity index (χ3n) is 3.99. The van der Waals surface area contributed by atoms with Gasteiger partial charge in [0.15, 0.2) is 69.8 Å². The predicted molar refractivity (Wildman–Crippen MR) is 76.8 cm³/mol. The van der Waals surface area contributed by atoms with Crippen molar-refractivity contribution in [1.82, 2.24) is 0 Å². The van der Waals surface area contributed by atoms with Crippen molar-refractivity contribution < 1.29 is 52.7 Å². The minimum Gasteiger partial charge on any atom is -0.204 e. The fourth-order valence-electron chi connectivity index (χ4n) is 2.66. The molecule has 0 aromatic heterocycles. The summed E-state index contributed by atoms with van der Waals surface area (Å²) in [5.74, 6) is -29.6. The first kappa shape index (κ1) is 21.5. The van der Waals surface area contributed by atoms with Crippen LogP contribution in [0.3, 0.4) is 0 Å². The monoisotopic (exact) mass is 446 g/mol. The van der Waals surface area contributed by atoms with Crippen molar-refractivity contribution >= 4 is 0 Å². The molecular weight excluding hydrogens is 444 g/mol. The van der Waals surface area contributed by atoms with Gasteiger partial charge in [-0.05, 0) is 0 Å². The Balaban J connectivity index is 2.49. The fourth-order valence-corrected chi connectivity index (χ4v) is 2.66. The molecule has 0 unspecified atom stereocenters. The summed E-state index contributed by atoms with van der Waals surface area (Å²) in [6.07, 6.45) is 0. The van der Waals surface area contributed by atoms with Crippen molar-refractivity contribution in [3.8, 4) is 22.3 Å². The molecule has 0 saturated carbocycles. The topological polar surface area (TPSA) is 0 Å². The molecule has 0 aliphatic carbocycles. The third kappa shape index (κ3) is 2.97. The summed E-state index contributed by atoms with van der Waals surface area (Å²) in [7, 11) is 0. The van der Waals surface area contributed by atoms with Crippen LogP contribution in [0.2, 0.25) is 0 Å². The first-order valence-electron chi connectivity index (χ1n) is 7.42. The van der Waals surface area contributed by atoms with Crippen LogP contribution in [0.5, 0.6) is 0 Å². The van der Waals surface area contributed by atoms with Gasteiger partial charge in [-0.25, -0.2) is 52.7 Å². The van der Waals surface area contributed by atoms with Crippen molar-refractivity contribution in [3.63, 3.8) is 0 Å². The summed E-state index contributed by atoms with van der Waals surface area (Å²) < 4.78 is 166. The second-order valence-electron chi connectivity index (χ2n) is 5.69. The molecule has 0 bridgehead atoms. The van der Waals surface area contributed by atoms with Crippen molar-refractivity contribution in [2.24, 2.45) is 0 Å². The van der Waals surface area contributed by atoms with Gasteiger partial charge in [0.2, 0.25) is 0 Å². The van der Waals surface area contributed by atoms with Crippen molar-refractivity contribution in [2.75, 3.05) is 0 Å². The van der Waals surface area contributed by atoms with Crippen molar-refractivity contribution in [1.29, 1.82) is 0 Å². The van der Waals surface area contributed by atoms with Crippen LogP contribution in [0.15, 0.2) is 12.1 Å². The minimum absolute atomic E-state index is 0.370. The van der Waals surface area contributed by atoms with Crippen LogP contribution >= 0.6 is 0 Å². The Morgan fingerprint density at radius 1 is 0.267 bits per heavy atom. The number of benzene rings is 3. The van der Waals surface area contributed by atoms with E-state index in [4.69, 9.17) is 0 Å². The molecule has 0 radical (unpaired) electrons. The normalized spacial score (nSPS) is 11.3. The summed E-state index contributed by atoms with van der Waals surface area (Å²) in [5, 5.41) is 0. The molecule has 0 nitrogen and oxygen atoms in total. The van der Waals surface area contributed by atoms with Gasteiger partial charge < -0.3 is 0 Å². The van der Waals surface area contributed by atoms with Gasteiger partial charge in [0.1, 0.15) is 0 Å². The Bertz CT molecular complexity index is 1040. The summed E-state index contributed by atoms with van der Waals surface area (Å²) in [6, 6.07) is -0.739. The average molecular weight is 446 g/mol. The van der Waals surface area contributed by atoms with Gasteiger partial charge >= 0.3 is 0 Å². The van der Waals surface area contributed by atoms with E-state index in [9.17, 15) is 52.7 Å². The van der Waals surface area contributed by atoms with E-state index in [-0.39, 0.29) is 12.1 Å². The zero-order chi connectivity index (χ0) is 22.7. The minimum atomic E-state index is -2.75. The Kier molecular flexibility index (Phi) is 5.21. The lowest BCUT2D eigenvalue weighted by molar-refractivity contribution is 0.437. The van der Waals surface area contributed by atoms with Gasteiger partial charge in [0, 0.05) is 12.1 Å². The summed E-state index contributed by atoms with van der Waals surface area (Å²) in [5.41, 5.74) is -9.03. The summed E-state index contributed by atoms with van der Waals surface area (Å²) >= 11 is 0. The molecule has 0 spiro atoms. The zero-order valence-corrected chi connectivity index (χ0v) is 13.7. The highest BCUT2D eigenvalue weighted by molar-refractivity contribution is 5.74. The van der Waals surface area contributed by atoms with Crippen molar-refractivity contribution in [3.05, 3.63) is 81.9 Å². The van der Waals surface area contributed by atoms with Crippen molar-refractivity contribution in [2.45, 2.75) is 0 Å². The predicted octanol–water partition coefficient (Wildman–Crippen LogP) is 6.69. The number of rotatable bonds is 2. The summed E-state index contributed by atoms with van der Waals surface area (Å²) in [4.78, 5) is 0. The highest BCUT2D eigenvalue weighted by Crippen LogP contribution is 2.41. The van der Waals surface area contributed by atoms with Crippen LogP contribution < -0.4 is 0 Å². The molecule has 0 saturated heterocycles. The van der Waals surface area contributed by atoms with Gasteiger partial charge in [-0.3, -0.25) is 0 Å². The van der Waals surface area contributed by atoms with E-state index in [1.165, 1.54) is 0 Å². The highest BCUT2D eigenvalue weighted by Gasteiger charge is 2.35. The molecule has 0 aliphatic rings. The molecule has 12 heteroatoms. The molecule has 30 heavy (non-hydrogen) atoms. The van der Waals surface area contributed by atoms with E-state index in [1.54, 1.807) is 0 Å². The first-order chi connectivity index (χ1) is 13.9. The molecule has 3 aromatic rings. The molecule has 0 aliphatic heterocycles. The standard InChI is InChI=1S/C18H2F12/c19-3-1-4(20)12(24)7(11(3)23)9-15(27)17(29)10(18(30)16(9)28)8-13(25)5(21)2-6(22)14(8)26/h1-2H. The van der Waals surface area contributed by atoms with E-state index >= 15 is 0 Å². The molecule has 3 rings (SSSR count). The smallest absolute Gasteiger partial charge is 0.170 e. The van der Waals surface area contributed by atoms with E-state index < -0.39 is 92.1 Å². The Labute approximate surface area is 158 Å². The second-order valence-corrected chi connectivity index (χ2v) is 5.69. The molecule has 0 N–H and O–H groups in total. The van der Waals surface area contributed by atoms with Gasteiger partial charge in [-0.1, -0.05) is 0 Å². The third-order valence-corrected chi connectivity index (χ3v) is 3.99. The molecule has 0 heterocycles. The Hall–Kier alpha value is -3.18. The lowest BCUT2D eigenvalue weighted by Gasteiger charge is -2.15. The molecule has 0 atom stereocenters. The highest BCUT2D eigenvalue weighted by atomic mass is 19.2. The van der Waals surface area contributed by atoms with E-state index in [0.717, 1.165) is 0 Å². The summed E-state index contributed by atoms with van der Waals surface area (Å²) in [6.45, 7) is 0. The lowest BCUT2D eigenvalue weighted by atomic mass is 9.95. The quantitative estimate of drug-likeness (QED) is 0.304. The molecular formula is C18H2F12. The molecule has 158 valence electrons. The van der Waals surface area contributed by atoms with Gasteiger partial charge in [-0.15, -0.1) is 0 Å². The maximum absolute atomic E-state index is 14.4. The van der Waals surface area contributed by atoms with Gasteiger partial charge in [0.05, 0.1) is 22.3 Å². The second kappa shape index (κ2) is 7.26. The molecule has 0 fully saturated rings. The van der Waals surface area contributed by atoms with Gasteiger partial charge in [-0.2, -0.15) is 0 Å². The van der Waals surface area contributed by atoms with E-state index in [0.29, 0.717) is 0 Å². The average Bonchev–Trinajstić information content (AvgIpc) is 2.68. The lowest BCUT2D eigenvalue weighted by Crippen LogP contribution is -2.10. The van der Waals surface area contributed by atoms with E-state index in [1.807, 2.05) is 0 Å². The largest absolute Gasteiger partial charge is 0.204 e. The number of hydrogen-bond acceptors (Lipinski definition) is 0. The molecule has 3 aromatic carbocycles. The van der Waals surface area contributed by atoms with Crippen LogP contribution in [0.1, 0.15) is 0 Å². The van der Waals surface area contributed by atoms with Crippen LogP contribution in [0, 0.1) is 69.8 Å². The van der Waals surface area contributed by atoms with Crippen LogP contribution in [-0.4, -0.2) is 0 Å². The van der Waals surface area contributed by atoms with Crippen LogP contribution in [-0.2, 0) is 0 Å². The first-order valence-corrected chi connectivity index (χ1v) is 7.42. The SMILES string of the molecule is Fc1cc(F)c(F)c(-c2c(F)c(F)c(-c3c(F)c(F)cc(F)c3F)c(F)c2F)c1F. The number of hydrogen-bond donors (Lipinski definition) is 0. The number of halogens is 12. The maximum Gasteiger partial charge on any atom is 0.170 e. The Morgan fingerprint density at radius 3 is 0.633 bits per heavy atom.